The predicted molar refractivity (Wildman–Crippen MR) is 57.3 cm³/mol. The quantitative estimate of drug-likeness (QED) is 0.697. The summed E-state index contributed by atoms with van der Waals surface area (Å²) < 4.78 is 0.806. The molecule has 0 saturated carbocycles. The van der Waals surface area contributed by atoms with Gasteiger partial charge in [-0.15, -0.1) is 11.3 Å². The first-order valence-electron chi connectivity index (χ1n) is 3.95. The molecular weight excluding hydrogens is 202 g/mol. The van der Waals surface area contributed by atoms with Gasteiger partial charge in [0.15, 0.2) is 0 Å². The normalized spacial score (nSPS) is 10.3. The van der Waals surface area contributed by atoms with Gasteiger partial charge in [-0.25, -0.2) is 0 Å². The molecule has 0 saturated heterocycles. The van der Waals surface area contributed by atoms with E-state index in [4.69, 9.17) is 11.6 Å². The molecule has 0 bridgehead atoms. The van der Waals surface area contributed by atoms with Gasteiger partial charge in [0, 0.05) is 6.20 Å². The Balaban J connectivity index is 2.52. The van der Waals surface area contributed by atoms with E-state index in [1.54, 1.807) is 17.5 Å². The Labute approximate surface area is 86.0 Å². The van der Waals surface area contributed by atoms with Crippen molar-refractivity contribution in [2.75, 3.05) is 0 Å². The third-order valence-corrected chi connectivity index (χ3v) is 3.05. The van der Waals surface area contributed by atoms with Crippen molar-refractivity contribution in [3.05, 3.63) is 40.4 Å². The predicted octanol–water partition coefficient (Wildman–Crippen LogP) is 3.77. The first-order chi connectivity index (χ1) is 6.27. The van der Waals surface area contributed by atoms with Crippen LogP contribution in [-0.4, -0.2) is 4.98 Å². The van der Waals surface area contributed by atoms with Crippen molar-refractivity contribution in [1.29, 1.82) is 0 Å². The molecule has 0 aliphatic carbocycles. The van der Waals surface area contributed by atoms with Gasteiger partial charge < -0.3 is 0 Å². The molecule has 2 aromatic heterocycles. The molecule has 0 amide bonds. The van der Waals surface area contributed by atoms with E-state index in [0.29, 0.717) is 0 Å². The molecule has 2 rings (SSSR count). The van der Waals surface area contributed by atoms with Gasteiger partial charge in [0.2, 0.25) is 0 Å². The number of halogens is 1. The molecule has 0 atom stereocenters. The van der Waals surface area contributed by atoms with Crippen LogP contribution in [0.3, 0.4) is 0 Å². The topological polar surface area (TPSA) is 12.9 Å². The summed E-state index contributed by atoms with van der Waals surface area (Å²) in [6, 6.07) is 7.89. The summed E-state index contributed by atoms with van der Waals surface area (Å²) in [7, 11) is 0. The van der Waals surface area contributed by atoms with E-state index in [1.807, 2.05) is 18.2 Å². The highest BCUT2D eigenvalue weighted by atomic mass is 35.5. The van der Waals surface area contributed by atoms with E-state index in [2.05, 4.69) is 18.0 Å². The lowest BCUT2D eigenvalue weighted by atomic mass is 10.2. The monoisotopic (exact) mass is 209 g/mol. The largest absolute Gasteiger partial charge is 0.255 e. The van der Waals surface area contributed by atoms with Crippen LogP contribution in [0.2, 0.25) is 4.34 Å². The molecule has 0 unspecified atom stereocenters. The van der Waals surface area contributed by atoms with Gasteiger partial charge in [-0.2, -0.15) is 0 Å². The van der Waals surface area contributed by atoms with Gasteiger partial charge in [-0.3, -0.25) is 4.98 Å². The van der Waals surface area contributed by atoms with Crippen molar-refractivity contribution >= 4 is 22.9 Å². The molecule has 1 nitrogen and oxygen atoms in total. The van der Waals surface area contributed by atoms with Gasteiger partial charge in [0.25, 0.3) is 0 Å². The maximum atomic E-state index is 5.85. The van der Waals surface area contributed by atoms with Crippen molar-refractivity contribution in [3.63, 3.8) is 0 Å². The Morgan fingerprint density at radius 2 is 2.15 bits per heavy atom. The lowest BCUT2D eigenvalue weighted by Gasteiger charge is -1.99. The number of rotatable bonds is 1. The highest BCUT2D eigenvalue weighted by Gasteiger charge is 2.04. The highest BCUT2D eigenvalue weighted by Crippen LogP contribution is 2.31. The fraction of sp³-hybridized carbons (Fsp3) is 0.100. The highest BCUT2D eigenvalue weighted by molar-refractivity contribution is 7.19. The number of hydrogen-bond donors (Lipinski definition) is 0. The second kappa shape index (κ2) is 3.48. The first-order valence-corrected chi connectivity index (χ1v) is 5.14. The third-order valence-electron chi connectivity index (χ3n) is 1.82. The minimum absolute atomic E-state index is 0.806. The van der Waals surface area contributed by atoms with Crippen molar-refractivity contribution in [2.45, 2.75) is 6.92 Å². The zero-order valence-corrected chi connectivity index (χ0v) is 8.69. The van der Waals surface area contributed by atoms with E-state index in [9.17, 15) is 0 Å². The van der Waals surface area contributed by atoms with Gasteiger partial charge >= 0.3 is 0 Å². The van der Waals surface area contributed by atoms with Crippen LogP contribution in [-0.2, 0) is 0 Å². The summed E-state index contributed by atoms with van der Waals surface area (Å²) in [6.07, 6.45) is 1.80. The minimum atomic E-state index is 0.806. The minimum Gasteiger partial charge on any atom is -0.255 e. The number of pyridine rings is 1. The van der Waals surface area contributed by atoms with Crippen LogP contribution in [0.5, 0.6) is 0 Å². The maximum absolute atomic E-state index is 5.85. The zero-order chi connectivity index (χ0) is 9.26. The molecule has 2 aromatic rings. The molecule has 2 heterocycles. The van der Waals surface area contributed by atoms with E-state index >= 15 is 0 Å². The van der Waals surface area contributed by atoms with Crippen LogP contribution in [0, 0.1) is 6.92 Å². The van der Waals surface area contributed by atoms with Gasteiger partial charge in [-0.05, 0) is 30.7 Å². The molecule has 66 valence electrons. The molecule has 0 fully saturated rings. The summed E-state index contributed by atoms with van der Waals surface area (Å²) in [6.45, 7) is 2.05. The summed E-state index contributed by atoms with van der Waals surface area (Å²) >= 11 is 7.41. The molecule has 0 aliphatic heterocycles. The molecule has 0 radical (unpaired) electrons. The second-order valence-electron chi connectivity index (χ2n) is 2.77. The van der Waals surface area contributed by atoms with Crippen LogP contribution in [0.4, 0.5) is 0 Å². The number of aryl methyl sites for hydroxylation is 1. The first kappa shape index (κ1) is 8.73. The van der Waals surface area contributed by atoms with Crippen LogP contribution in [0.25, 0.3) is 10.6 Å². The second-order valence-corrected chi connectivity index (χ2v) is 4.49. The van der Waals surface area contributed by atoms with Crippen molar-refractivity contribution in [2.24, 2.45) is 0 Å². The van der Waals surface area contributed by atoms with E-state index in [1.165, 1.54) is 5.56 Å². The Morgan fingerprint density at radius 3 is 2.77 bits per heavy atom. The molecule has 0 spiro atoms. The lowest BCUT2D eigenvalue weighted by Crippen LogP contribution is -1.82. The van der Waals surface area contributed by atoms with Crippen LogP contribution in [0.15, 0.2) is 30.5 Å². The Bertz CT molecular complexity index is 422. The lowest BCUT2D eigenvalue weighted by molar-refractivity contribution is 1.28. The summed E-state index contributed by atoms with van der Waals surface area (Å²) in [5.41, 5.74) is 2.21. The van der Waals surface area contributed by atoms with Crippen molar-refractivity contribution in [3.8, 4) is 10.6 Å². The smallest absolute Gasteiger partial charge is 0.0935 e. The summed E-state index contributed by atoms with van der Waals surface area (Å²) in [5.74, 6) is 0. The Morgan fingerprint density at radius 1 is 1.31 bits per heavy atom. The van der Waals surface area contributed by atoms with Gasteiger partial charge in [0.05, 0.1) is 14.9 Å². The number of hydrogen-bond acceptors (Lipinski definition) is 2. The average molecular weight is 210 g/mol. The van der Waals surface area contributed by atoms with E-state index in [0.717, 1.165) is 14.9 Å². The van der Waals surface area contributed by atoms with E-state index < -0.39 is 0 Å². The number of thiophene rings is 1. The maximum Gasteiger partial charge on any atom is 0.0935 e. The fourth-order valence-electron chi connectivity index (χ4n) is 1.19. The summed E-state index contributed by atoms with van der Waals surface area (Å²) in [5, 5.41) is 0. The van der Waals surface area contributed by atoms with Crippen LogP contribution in [0.1, 0.15) is 5.56 Å². The van der Waals surface area contributed by atoms with Crippen molar-refractivity contribution in [1.82, 2.24) is 4.98 Å². The molecule has 13 heavy (non-hydrogen) atoms. The molecular formula is C10H8ClNS. The Hall–Kier alpha value is -0.860. The summed E-state index contributed by atoms with van der Waals surface area (Å²) in [4.78, 5) is 5.44. The van der Waals surface area contributed by atoms with E-state index in [-0.39, 0.29) is 0 Å². The van der Waals surface area contributed by atoms with Crippen molar-refractivity contribution < 1.29 is 0 Å². The zero-order valence-electron chi connectivity index (χ0n) is 7.12. The van der Waals surface area contributed by atoms with Gasteiger partial charge in [-0.1, -0.05) is 17.7 Å². The van der Waals surface area contributed by atoms with Gasteiger partial charge in [0.1, 0.15) is 0 Å². The average Bonchev–Trinajstić information content (AvgIpc) is 2.53. The molecule has 0 N–H and O–H groups in total. The molecule has 0 aliphatic rings. The molecule has 0 aromatic carbocycles. The third kappa shape index (κ3) is 1.74. The number of aromatic nitrogens is 1. The SMILES string of the molecule is Cc1cccnc1-c1ccc(Cl)s1. The fourth-order valence-corrected chi connectivity index (χ4v) is 2.29. The van der Waals surface area contributed by atoms with Crippen LogP contribution < -0.4 is 0 Å². The standard InChI is InChI=1S/C10H8ClNS/c1-7-3-2-6-12-10(7)8-4-5-9(11)13-8/h2-6H,1H3. The Kier molecular flexibility index (Phi) is 2.34. The molecule has 3 heteroatoms. The number of nitrogens with zero attached hydrogens (tertiary/aromatic N) is 1. The van der Waals surface area contributed by atoms with Crippen LogP contribution >= 0.6 is 22.9 Å².